The molecule has 8 rings (SSSR count). The first kappa shape index (κ1) is 23.6. The summed E-state index contributed by atoms with van der Waals surface area (Å²) in [6.07, 6.45) is 7.57. The second kappa shape index (κ2) is 9.33. The van der Waals surface area contributed by atoms with E-state index in [-0.39, 0.29) is 17.5 Å². The summed E-state index contributed by atoms with van der Waals surface area (Å²) in [6, 6.07) is 22.1. The summed E-state index contributed by atoms with van der Waals surface area (Å²) in [5.74, 6) is 2.53. The average Bonchev–Trinajstić information content (AvgIpc) is 2.92. The maximum Gasteiger partial charge on any atom is 0.319 e. The zero-order valence-electron chi connectivity index (χ0n) is 21.9. The monoisotopic (exact) mass is 508 g/mol. The Hall–Kier alpha value is -3.54. The molecule has 6 nitrogen and oxygen atoms in total. The molecule has 3 amide bonds. The molecule has 1 saturated heterocycles. The highest BCUT2D eigenvalue weighted by atomic mass is 16.2. The van der Waals surface area contributed by atoms with Gasteiger partial charge in [0.2, 0.25) is 0 Å². The van der Waals surface area contributed by atoms with Crippen molar-refractivity contribution < 1.29 is 9.59 Å². The molecule has 0 atom stereocenters. The van der Waals surface area contributed by atoms with Crippen LogP contribution in [-0.4, -0.2) is 48.6 Å². The van der Waals surface area contributed by atoms with Crippen molar-refractivity contribution in [3.8, 4) is 0 Å². The average molecular weight is 509 g/mol. The predicted octanol–water partition coefficient (Wildman–Crippen LogP) is 5.89. The molecule has 4 aliphatic carbocycles. The first-order valence-electron chi connectivity index (χ1n) is 14.2. The van der Waals surface area contributed by atoms with Crippen molar-refractivity contribution in [2.45, 2.75) is 44.1 Å². The lowest BCUT2D eigenvalue weighted by molar-refractivity contribution is -0.0127. The Morgan fingerprint density at radius 1 is 0.737 bits per heavy atom. The summed E-state index contributed by atoms with van der Waals surface area (Å²) in [4.78, 5) is 30.3. The SMILES string of the molecule is O=C(Nc1ccc(N2CCN(C(=O)c3ccc4ccccc4c3)CC2)cc1)NC12CC3CC(CC(C3)C1)C2. The summed E-state index contributed by atoms with van der Waals surface area (Å²) in [5.41, 5.74) is 2.71. The molecule has 196 valence electrons. The molecular weight excluding hydrogens is 472 g/mol. The van der Waals surface area contributed by atoms with Crippen LogP contribution >= 0.6 is 0 Å². The third-order valence-corrected chi connectivity index (χ3v) is 9.47. The van der Waals surface area contributed by atoms with E-state index in [1.54, 1.807) is 0 Å². The van der Waals surface area contributed by atoms with E-state index in [1.165, 1.54) is 19.3 Å². The third kappa shape index (κ3) is 4.50. The molecule has 38 heavy (non-hydrogen) atoms. The second-order valence-corrected chi connectivity index (χ2v) is 12.2. The number of amides is 3. The van der Waals surface area contributed by atoms with Crippen molar-refractivity contribution in [2.75, 3.05) is 36.4 Å². The number of anilines is 2. The van der Waals surface area contributed by atoms with Gasteiger partial charge in [0.1, 0.15) is 0 Å². The van der Waals surface area contributed by atoms with Crippen LogP contribution in [-0.2, 0) is 0 Å². The number of benzene rings is 3. The van der Waals surface area contributed by atoms with Crippen LogP contribution in [0.1, 0.15) is 48.9 Å². The Labute approximate surface area is 224 Å². The van der Waals surface area contributed by atoms with Crippen molar-refractivity contribution in [3.63, 3.8) is 0 Å². The van der Waals surface area contributed by atoms with Crippen LogP contribution in [0.5, 0.6) is 0 Å². The number of fused-ring (bicyclic) bond motifs is 1. The molecule has 0 aromatic heterocycles. The highest BCUT2D eigenvalue weighted by Crippen LogP contribution is 2.55. The largest absolute Gasteiger partial charge is 0.368 e. The van der Waals surface area contributed by atoms with Gasteiger partial charge in [-0.15, -0.1) is 0 Å². The molecule has 5 aliphatic rings. The molecule has 3 aromatic carbocycles. The first-order valence-corrected chi connectivity index (χ1v) is 14.2. The number of carbonyl (C=O) groups excluding carboxylic acids is 2. The van der Waals surface area contributed by atoms with E-state index in [9.17, 15) is 9.59 Å². The van der Waals surface area contributed by atoms with E-state index < -0.39 is 0 Å². The summed E-state index contributed by atoms with van der Waals surface area (Å²) in [5, 5.41) is 8.71. The van der Waals surface area contributed by atoms with E-state index in [0.717, 1.165) is 77.8 Å². The summed E-state index contributed by atoms with van der Waals surface area (Å²) in [6.45, 7) is 2.97. The van der Waals surface area contributed by atoms with Gasteiger partial charge in [-0.1, -0.05) is 30.3 Å². The molecule has 6 heteroatoms. The molecule has 0 radical (unpaired) electrons. The van der Waals surface area contributed by atoms with Crippen LogP contribution < -0.4 is 15.5 Å². The maximum absolute atomic E-state index is 13.1. The fraction of sp³-hybridized carbons (Fsp3) is 0.438. The lowest BCUT2D eigenvalue weighted by Crippen LogP contribution is -2.60. The van der Waals surface area contributed by atoms with E-state index in [2.05, 4.69) is 39.8 Å². The van der Waals surface area contributed by atoms with E-state index in [4.69, 9.17) is 0 Å². The summed E-state index contributed by atoms with van der Waals surface area (Å²) in [7, 11) is 0. The molecular formula is C32H36N4O2. The Balaban J connectivity index is 0.933. The van der Waals surface area contributed by atoms with Gasteiger partial charge < -0.3 is 20.4 Å². The number of rotatable bonds is 4. The van der Waals surface area contributed by atoms with Crippen LogP contribution in [0.15, 0.2) is 66.7 Å². The van der Waals surface area contributed by atoms with Gasteiger partial charge in [-0.2, -0.15) is 0 Å². The van der Waals surface area contributed by atoms with Gasteiger partial charge in [-0.05, 0) is 103 Å². The number of nitrogens with one attached hydrogen (secondary N) is 2. The fourth-order valence-corrected chi connectivity index (χ4v) is 8.10. The van der Waals surface area contributed by atoms with Crippen LogP contribution in [0.4, 0.5) is 16.2 Å². The number of carbonyl (C=O) groups is 2. The maximum atomic E-state index is 13.1. The van der Waals surface area contributed by atoms with Crippen molar-refractivity contribution >= 4 is 34.1 Å². The highest BCUT2D eigenvalue weighted by molar-refractivity contribution is 5.98. The Morgan fingerprint density at radius 3 is 2.03 bits per heavy atom. The molecule has 5 fully saturated rings. The lowest BCUT2D eigenvalue weighted by atomic mass is 9.53. The zero-order chi connectivity index (χ0) is 25.7. The van der Waals surface area contributed by atoms with E-state index in [0.29, 0.717) is 13.1 Å². The first-order chi connectivity index (χ1) is 18.5. The van der Waals surface area contributed by atoms with Gasteiger partial charge >= 0.3 is 6.03 Å². The number of hydrogen-bond donors (Lipinski definition) is 2. The normalized spacial score (nSPS) is 27.9. The third-order valence-electron chi connectivity index (χ3n) is 9.47. The Bertz CT molecular complexity index is 1320. The molecule has 4 bridgehead atoms. The standard InChI is InChI=1S/C32H36N4O2/c37-30(27-6-5-25-3-1-2-4-26(25)18-27)36-13-11-35(12-14-36)29-9-7-28(8-10-29)33-31(38)34-32-19-22-15-23(20-32)17-24(16-22)21-32/h1-10,18,22-24H,11-17,19-21H2,(H2,33,34,38). The molecule has 1 heterocycles. The smallest absolute Gasteiger partial charge is 0.319 e. The Morgan fingerprint density at radius 2 is 1.37 bits per heavy atom. The molecule has 3 aromatic rings. The second-order valence-electron chi connectivity index (χ2n) is 12.2. The number of urea groups is 1. The quantitative estimate of drug-likeness (QED) is 0.462. The molecule has 4 saturated carbocycles. The van der Waals surface area contributed by atoms with E-state index >= 15 is 0 Å². The zero-order valence-corrected chi connectivity index (χ0v) is 21.9. The molecule has 0 spiro atoms. The summed E-state index contributed by atoms with van der Waals surface area (Å²) < 4.78 is 0. The minimum absolute atomic E-state index is 0.0166. The van der Waals surface area contributed by atoms with E-state index in [1.807, 2.05) is 47.4 Å². The minimum Gasteiger partial charge on any atom is -0.368 e. The van der Waals surface area contributed by atoms with Crippen molar-refractivity contribution in [3.05, 3.63) is 72.3 Å². The molecule has 1 aliphatic heterocycles. The van der Waals surface area contributed by atoms with Crippen molar-refractivity contribution in [2.24, 2.45) is 17.8 Å². The van der Waals surface area contributed by atoms with Gasteiger partial charge in [0.05, 0.1) is 0 Å². The number of nitrogens with zero attached hydrogens (tertiary/aromatic N) is 2. The highest BCUT2D eigenvalue weighted by Gasteiger charge is 2.51. The summed E-state index contributed by atoms with van der Waals surface area (Å²) >= 11 is 0. The Kier molecular flexibility index (Phi) is 5.79. The van der Waals surface area contributed by atoms with Crippen LogP contribution in [0, 0.1) is 17.8 Å². The predicted molar refractivity (Wildman–Crippen MR) is 152 cm³/mol. The topological polar surface area (TPSA) is 64.7 Å². The minimum atomic E-state index is -0.0690. The van der Waals surface area contributed by atoms with Crippen molar-refractivity contribution in [1.82, 2.24) is 10.2 Å². The molecule has 2 N–H and O–H groups in total. The van der Waals surface area contributed by atoms with Gasteiger partial charge in [0.15, 0.2) is 0 Å². The van der Waals surface area contributed by atoms with Gasteiger partial charge in [0.25, 0.3) is 5.91 Å². The number of piperazine rings is 1. The lowest BCUT2D eigenvalue weighted by Gasteiger charge is -2.56. The van der Waals surface area contributed by atoms with Crippen LogP contribution in [0.3, 0.4) is 0 Å². The van der Waals surface area contributed by atoms with Crippen LogP contribution in [0.2, 0.25) is 0 Å². The number of hydrogen-bond acceptors (Lipinski definition) is 3. The van der Waals surface area contributed by atoms with Gasteiger partial charge in [0, 0.05) is 48.7 Å². The van der Waals surface area contributed by atoms with Gasteiger partial charge in [-0.3, -0.25) is 4.79 Å². The van der Waals surface area contributed by atoms with Gasteiger partial charge in [-0.25, -0.2) is 4.79 Å². The fourth-order valence-electron chi connectivity index (χ4n) is 8.10. The molecule has 0 unspecified atom stereocenters. The van der Waals surface area contributed by atoms with Crippen LogP contribution in [0.25, 0.3) is 10.8 Å². The van der Waals surface area contributed by atoms with Crippen molar-refractivity contribution in [1.29, 1.82) is 0 Å².